The van der Waals surface area contributed by atoms with Crippen molar-refractivity contribution in [3.8, 4) is 0 Å². The van der Waals surface area contributed by atoms with Crippen molar-refractivity contribution in [2.75, 3.05) is 17.8 Å². The molecule has 1 aromatic heterocycles. The van der Waals surface area contributed by atoms with Crippen molar-refractivity contribution in [2.45, 2.75) is 12.8 Å². The monoisotopic (exact) mass is 287 g/mol. The Morgan fingerprint density at radius 3 is 2.89 bits per heavy atom. The van der Waals surface area contributed by atoms with E-state index in [1.165, 1.54) is 15.2 Å². The van der Waals surface area contributed by atoms with Crippen LogP contribution in [0.25, 0.3) is 0 Å². The van der Waals surface area contributed by atoms with Gasteiger partial charge in [0.2, 0.25) is 5.91 Å². The predicted molar refractivity (Wildman–Crippen MR) is 69.2 cm³/mol. The number of nitrogens with zero attached hydrogens (tertiary/aromatic N) is 3. The van der Waals surface area contributed by atoms with Gasteiger partial charge in [-0.25, -0.2) is 0 Å². The summed E-state index contributed by atoms with van der Waals surface area (Å²) in [6.45, 7) is 0.518. The van der Waals surface area contributed by atoms with Crippen LogP contribution in [0.3, 0.4) is 0 Å². The number of rotatable bonds is 4. The SMILES string of the molecule is Cn1cc(NS(=O)(=O)N2CCC[C@H](C(N)=O)C2)cn1. The van der Waals surface area contributed by atoms with E-state index in [2.05, 4.69) is 9.82 Å². The Balaban J connectivity index is 2.08. The minimum absolute atomic E-state index is 0.130. The third-order valence-corrected chi connectivity index (χ3v) is 4.58. The molecule has 1 aliphatic rings. The molecular formula is C10H17N5O3S. The number of nitrogens with two attached hydrogens (primary N) is 1. The fourth-order valence-electron chi connectivity index (χ4n) is 2.08. The van der Waals surface area contributed by atoms with Gasteiger partial charge in [-0.15, -0.1) is 0 Å². The second-order valence-electron chi connectivity index (χ2n) is 4.61. The maximum Gasteiger partial charge on any atom is 0.301 e. The largest absolute Gasteiger partial charge is 0.369 e. The van der Waals surface area contributed by atoms with Crippen LogP contribution >= 0.6 is 0 Å². The van der Waals surface area contributed by atoms with Crippen molar-refractivity contribution in [1.82, 2.24) is 14.1 Å². The summed E-state index contributed by atoms with van der Waals surface area (Å²) in [5.74, 6) is -0.875. The Kier molecular flexibility index (Phi) is 3.76. The molecule has 9 heteroatoms. The lowest BCUT2D eigenvalue weighted by molar-refractivity contribution is -0.122. The Bertz CT molecular complexity index is 567. The van der Waals surface area contributed by atoms with Crippen LogP contribution in [0.5, 0.6) is 0 Å². The van der Waals surface area contributed by atoms with Crippen molar-refractivity contribution in [3.63, 3.8) is 0 Å². The third kappa shape index (κ3) is 3.24. The average molecular weight is 287 g/mol. The Hall–Kier alpha value is -1.61. The molecule has 0 bridgehead atoms. The van der Waals surface area contributed by atoms with E-state index in [-0.39, 0.29) is 6.54 Å². The van der Waals surface area contributed by atoms with E-state index < -0.39 is 22.0 Å². The molecule has 0 saturated carbocycles. The lowest BCUT2D eigenvalue weighted by Gasteiger charge is -2.30. The van der Waals surface area contributed by atoms with E-state index in [9.17, 15) is 13.2 Å². The van der Waals surface area contributed by atoms with Gasteiger partial charge in [0.15, 0.2) is 0 Å². The van der Waals surface area contributed by atoms with Gasteiger partial charge in [0.1, 0.15) is 0 Å². The lowest BCUT2D eigenvalue weighted by atomic mass is 9.99. The Morgan fingerprint density at radius 1 is 1.58 bits per heavy atom. The summed E-state index contributed by atoms with van der Waals surface area (Å²) in [5, 5.41) is 3.89. The zero-order chi connectivity index (χ0) is 14.0. The first-order chi connectivity index (χ1) is 8.88. The molecule has 1 saturated heterocycles. The van der Waals surface area contributed by atoms with Crippen LogP contribution in [0.1, 0.15) is 12.8 Å². The Labute approximate surface area is 111 Å². The molecule has 3 N–H and O–H groups in total. The summed E-state index contributed by atoms with van der Waals surface area (Å²) in [6, 6.07) is 0. The van der Waals surface area contributed by atoms with Gasteiger partial charge in [-0.1, -0.05) is 0 Å². The molecule has 0 unspecified atom stereocenters. The summed E-state index contributed by atoms with van der Waals surface area (Å²) in [4.78, 5) is 11.2. The summed E-state index contributed by atoms with van der Waals surface area (Å²) >= 11 is 0. The molecule has 1 amide bonds. The number of aromatic nitrogens is 2. The highest BCUT2D eigenvalue weighted by Gasteiger charge is 2.31. The van der Waals surface area contributed by atoms with Gasteiger partial charge in [-0.05, 0) is 12.8 Å². The fourth-order valence-corrected chi connectivity index (χ4v) is 3.36. The van der Waals surface area contributed by atoms with Crippen molar-refractivity contribution in [3.05, 3.63) is 12.4 Å². The molecule has 0 aliphatic carbocycles. The van der Waals surface area contributed by atoms with Gasteiger partial charge in [0, 0.05) is 26.3 Å². The molecule has 0 aromatic carbocycles. The number of aryl methyl sites for hydroxylation is 1. The molecule has 1 aliphatic heterocycles. The summed E-state index contributed by atoms with van der Waals surface area (Å²) in [5.41, 5.74) is 5.63. The zero-order valence-electron chi connectivity index (χ0n) is 10.6. The molecule has 0 spiro atoms. The smallest absolute Gasteiger partial charge is 0.301 e. The molecule has 0 radical (unpaired) electrons. The minimum atomic E-state index is -3.67. The number of hydrogen-bond donors (Lipinski definition) is 2. The number of amides is 1. The average Bonchev–Trinajstić information content (AvgIpc) is 2.74. The first-order valence-corrected chi connectivity index (χ1v) is 7.38. The standard InChI is InChI=1S/C10H17N5O3S/c1-14-7-9(5-12-14)13-19(17,18)15-4-2-3-8(6-15)10(11)16/h5,7-8,13H,2-4,6H2,1H3,(H2,11,16)/t8-/m0/s1. The van der Waals surface area contributed by atoms with Crippen LogP contribution in [0.2, 0.25) is 0 Å². The highest BCUT2D eigenvalue weighted by molar-refractivity contribution is 7.90. The predicted octanol–water partition coefficient (Wildman–Crippen LogP) is -0.726. The van der Waals surface area contributed by atoms with Crippen LogP contribution in [-0.2, 0) is 22.1 Å². The van der Waals surface area contributed by atoms with E-state index in [4.69, 9.17) is 5.73 Å². The van der Waals surface area contributed by atoms with E-state index in [0.29, 0.717) is 25.1 Å². The second kappa shape index (κ2) is 5.17. The van der Waals surface area contributed by atoms with Gasteiger partial charge in [0.05, 0.1) is 17.8 Å². The molecule has 2 rings (SSSR count). The van der Waals surface area contributed by atoms with E-state index in [0.717, 1.165) is 0 Å². The summed E-state index contributed by atoms with van der Waals surface area (Å²) in [7, 11) is -1.97. The summed E-state index contributed by atoms with van der Waals surface area (Å²) < 4.78 is 29.5. The van der Waals surface area contributed by atoms with Crippen molar-refractivity contribution >= 4 is 21.8 Å². The number of carbonyl (C=O) groups is 1. The first-order valence-electron chi connectivity index (χ1n) is 5.94. The quantitative estimate of drug-likeness (QED) is 0.761. The van der Waals surface area contributed by atoms with Crippen LogP contribution in [-0.4, -0.2) is 41.5 Å². The van der Waals surface area contributed by atoms with Gasteiger partial charge >= 0.3 is 10.2 Å². The molecule has 8 nitrogen and oxygen atoms in total. The van der Waals surface area contributed by atoms with E-state index in [1.807, 2.05) is 0 Å². The molecule has 1 atom stereocenters. The molecule has 106 valence electrons. The highest BCUT2D eigenvalue weighted by atomic mass is 32.2. The third-order valence-electron chi connectivity index (χ3n) is 3.08. The maximum absolute atomic E-state index is 12.2. The molecule has 19 heavy (non-hydrogen) atoms. The van der Waals surface area contributed by atoms with Crippen LogP contribution in [0, 0.1) is 5.92 Å². The number of nitrogens with one attached hydrogen (secondary N) is 1. The molecule has 2 heterocycles. The molecule has 1 fully saturated rings. The number of anilines is 1. The number of hydrogen-bond acceptors (Lipinski definition) is 4. The minimum Gasteiger partial charge on any atom is -0.369 e. The lowest BCUT2D eigenvalue weighted by Crippen LogP contribution is -2.46. The maximum atomic E-state index is 12.2. The van der Waals surface area contributed by atoms with Crippen LogP contribution < -0.4 is 10.5 Å². The Morgan fingerprint density at radius 2 is 2.32 bits per heavy atom. The molecular weight excluding hydrogens is 270 g/mol. The fraction of sp³-hybridized carbons (Fsp3) is 0.600. The normalized spacial score (nSPS) is 21.2. The zero-order valence-corrected chi connectivity index (χ0v) is 11.4. The first kappa shape index (κ1) is 13.8. The van der Waals surface area contributed by atoms with Crippen LogP contribution in [0.4, 0.5) is 5.69 Å². The second-order valence-corrected chi connectivity index (χ2v) is 6.28. The topological polar surface area (TPSA) is 110 Å². The van der Waals surface area contributed by atoms with Gasteiger partial charge in [-0.3, -0.25) is 14.2 Å². The molecule has 1 aromatic rings. The highest BCUT2D eigenvalue weighted by Crippen LogP contribution is 2.20. The number of primary amides is 1. The van der Waals surface area contributed by atoms with Crippen LogP contribution in [0.15, 0.2) is 12.4 Å². The van der Waals surface area contributed by atoms with Gasteiger partial charge < -0.3 is 5.73 Å². The van der Waals surface area contributed by atoms with Gasteiger partial charge in [-0.2, -0.15) is 17.8 Å². The van der Waals surface area contributed by atoms with Crippen molar-refractivity contribution in [2.24, 2.45) is 18.7 Å². The number of carbonyl (C=O) groups excluding carboxylic acids is 1. The van der Waals surface area contributed by atoms with Crippen molar-refractivity contribution in [1.29, 1.82) is 0 Å². The van der Waals surface area contributed by atoms with Crippen molar-refractivity contribution < 1.29 is 13.2 Å². The summed E-state index contributed by atoms with van der Waals surface area (Å²) in [6.07, 6.45) is 4.25. The number of piperidine rings is 1. The van der Waals surface area contributed by atoms with E-state index >= 15 is 0 Å². The van der Waals surface area contributed by atoms with E-state index in [1.54, 1.807) is 13.2 Å². The van der Waals surface area contributed by atoms with Gasteiger partial charge in [0.25, 0.3) is 0 Å².